The van der Waals surface area contributed by atoms with Gasteiger partial charge in [0.25, 0.3) is 0 Å². The van der Waals surface area contributed by atoms with Crippen LogP contribution in [-0.2, 0) is 19.9 Å². The summed E-state index contributed by atoms with van der Waals surface area (Å²) in [5.74, 6) is 2.17. The van der Waals surface area contributed by atoms with Gasteiger partial charge in [-0.05, 0) is 86.3 Å². The monoisotopic (exact) mass is 445 g/mol. The molecule has 4 saturated carbocycles. The summed E-state index contributed by atoms with van der Waals surface area (Å²) in [7, 11) is -7.45. The summed E-state index contributed by atoms with van der Waals surface area (Å²) in [5.41, 5.74) is 0.0253. The molecule has 1 N–H and O–H groups in total. The lowest BCUT2D eigenvalue weighted by Crippen LogP contribution is -2.56. The first-order chi connectivity index (χ1) is 13.0. The molecule has 4 fully saturated rings. The fourth-order valence-corrected chi connectivity index (χ4v) is 9.09. The van der Waals surface area contributed by atoms with E-state index in [1.54, 1.807) is 0 Å². The Hall–Kier alpha value is -0.630. The zero-order valence-electron chi connectivity index (χ0n) is 16.3. The summed E-state index contributed by atoms with van der Waals surface area (Å²) in [6.45, 7) is 2.03. The molecular formula is C20H28ClNO4S2. The van der Waals surface area contributed by atoms with Crippen LogP contribution in [0, 0.1) is 23.2 Å². The van der Waals surface area contributed by atoms with Crippen molar-refractivity contribution in [2.45, 2.75) is 67.7 Å². The maximum Gasteiger partial charge on any atom is 0.242 e. The Morgan fingerprint density at radius 2 is 1.61 bits per heavy atom. The maximum atomic E-state index is 13.2. The standard InChI is InChI=1S/C20H28ClNO4S2/c1-3-19(20-10-13-6-14(11-20)8-15(7-13)12-20)22-28(25,26)18-9-16(27(2,23)24)4-5-17(18)21/h4-5,9,13-15,19,22H,3,6-8,10-12H2,1-2H3/t13?,14?,15?,19-,20?/m0/s1. The predicted molar refractivity (Wildman–Crippen MR) is 110 cm³/mol. The Labute approximate surface area is 173 Å². The molecule has 4 aliphatic carbocycles. The molecule has 0 saturated heterocycles. The van der Waals surface area contributed by atoms with Gasteiger partial charge in [-0.2, -0.15) is 0 Å². The number of rotatable bonds is 6. The zero-order valence-corrected chi connectivity index (χ0v) is 18.7. The molecule has 0 aromatic heterocycles. The first-order valence-corrected chi connectivity index (χ1v) is 13.8. The van der Waals surface area contributed by atoms with Crippen molar-refractivity contribution < 1.29 is 16.8 Å². The third kappa shape index (κ3) is 3.64. The summed E-state index contributed by atoms with van der Waals surface area (Å²) in [4.78, 5) is -0.194. The quantitative estimate of drug-likeness (QED) is 0.717. The van der Waals surface area contributed by atoms with Crippen molar-refractivity contribution >= 4 is 31.5 Å². The number of benzene rings is 1. The lowest BCUT2D eigenvalue weighted by molar-refractivity contribution is -0.0704. The molecule has 156 valence electrons. The van der Waals surface area contributed by atoms with Crippen LogP contribution in [-0.4, -0.2) is 29.1 Å². The number of hydrogen-bond donors (Lipinski definition) is 1. The number of hydrogen-bond acceptors (Lipinski definition) is 4. The van der Waals surface area contributed by atoms with E-state index >= 15 is 0 Å². The zero-order chi connectivity index (χ0) is 20.3. The van der Waals surface area contributed by atoms with Crippen LogP contribution in [0.1, 0.15) is 51.9 Å². The lowest BCUT2D eigenvalue weighted by Gasteiger charge is -2.59. The largest absolute Gasteiger partial charge is 0.242 e. The van der Waals surface area contributed by atoms with E-state index in [9.17, 15) is 16.8 Å². The molecule has 0 aliphatic heterocycles. The SMILES string of the molecule is CC[C@H](NS(=O)(=O)c1cc(S(C)(=O)=O)ccc1Cl)C12CC3CC(CC(C3)C1)C2. The molecule has 4 bridgehead atoms. The van der Waals surface area contributed by atoms with Crippen molar-refractivity contribution in [2.75, 3.05) is 6.26 Å². The van der Waals surface area contributed by atoms with Crippen LogP contribution >= 0.6 is 11.6 Å². The first-order valence-electron chi connectivity index (χ1n) is 10.0. The minimum Gasteiger partial charge on any atom is -0.224 e. The van der Waals surface area contributed by atoms with Gasteiger partial charge in [-0.3, -0.25) is 0 Å². The van der Waals surface area contributed by atoms with Crippen LogP contribution in [0.25, 0.3) is 0 Å². The topological polar surface area (TPSA) is 80.3 Å². The van der Waals surface area contributed by atoms with Crippen LogP contribution in [0.4, 0.5) is 0 Å². The fraction of sp³-hybridized carbons (Fsp3) is 0.700. The average Bonchev–Trinajstić information content (AvgIpc) is 2.57. The van der Waals surface area contributed by atoms with Crippen molar-refractivity contribution in [1.82, 2.24) is 4.72 Å². The van der Waals surface area contributed by atoms with Crippen molar-refractivity contribution in [1.29, 1.82) is 0 Å². The van der Waals surface area contributed by atoms with Crippen LogP contribution in [0.5, 0.6) is 0 Å². The van der Waals surface area contributed by atoms with Gasteiger partial charge in [0.2, 0.25) is 10.0 Å². The lowest BCUT2D eigenvalue weighted by atomic mass is 9.47. The van der Waals surface area contributed by atoms with E-state index in [0.29, 0.717) is 0 Å². The van der Waals surface area contributed by atoms with Crippen LogP contribution in [0.15, 0.2) is 28.0 Å². The van der Waals surface area contributed by atoms with E-state index < -0.39 is 19.9 Å². The van der Waals surface area contributed by atoms with Gasteiger partial charge in [0.05, 0.1) is 9.92 Å². The second kappa shape index (κ2) is 6.96. The molecule has 0 heterocycles. The van der Waals surface area contributed by atoms with E-state index in [0.717, 1.165) is 49.7 Å². The predicted octanol–water partition coefficient (Wildman–Crippen LogP) is 4.02. The Morgan fingerprint density at radius 1 is 1.07 bits per heavy atom. The molecule has 0 amide bonds. The molecule has 4 aliphatic rings. The molecule has 0 unspecified atom stereocenters. The van der Waals surface area contributed by atoms with Crippen molar-refractivity contribution in [2.24, 2.45) is 23.2 Å². The Kier molecular flexibility index (Phi) is 5.13. The second-order valence-electron chi connectivity index (χ2n) is 9.23. The van der Waals surface area contributed by atoms with Gasteiger partial charge in [0.15, 0.2) is 9.84 Å². The Bertz CT molecular complexity index is 952. The normalized spacial score (nSPS) is 33.2. The summed E-state index contributed by atoms with van der Waals surface area (Å²) >= 11 is 6.16. The fourth-order valence-electron chi connectivity index (χ4n) is 6.42. The van der Waals surface area contributed by atoms with Crippen molar-refractivity contribution in [3.05, 3.63) is 23.2 Å². The Balaban J connectivity index is 1.66. The van der Waals surface area contributed by atoms with Gasteiger partial charge < -0.3 is 0 Å². The van der Waals surface area contributed by atoms with Gasteiger partial charge >= 0.3 is 0 Å². The summed E-state index contributed by atoms with van der Waals surface area (Å²) in [6, 6.07) is 3.71. The van der Waals surface area contributed by atoms with Crippen LogP contribution < -0.4 is 4.72 Å². The van der Waals surface area contributed by atoms with E-state index in [4.69, 9.17) is 11.6 Å². The Morgan fingerprint density at radius 3 is 2.07 bits per heavy atom. The third-order valence-corrected chi connectivity index (χ3v) is 10.2. The van der Waals surface area contributed by atoms with Gasteiger partial charge in [-0.1, -0.05) is 18.5 Å². The highest BCUT2D eigenvalue weighted by atomic mass is 35.5. The number of sulfonamides is 1. The van der Waals surface area contributed by atoms with Crippen molar-refractivity contribution in [3.8, 4) is 0 Å². The molecule has 5 rings (SSSR count). The molecule has 0 radical (unpaired) electrons. The molecular weight excluding hydrogens is 418 g/mol. The minimum absolute atomic E-state index is 0.0253. The molecule has 1 atom stereocenters. The molecule has 28 heavy (non-hydrogen) atoms. The number of halogens is 1. The van der Waals surface area contributed by atoms with E-state index in [-0.39, 0.29) is 26.3 Å². The van der Waals surface area contributed by atoms with E-state index in [1.807, 2.05) is 6.92 Å². The highest BCUT2D eigenvalue weighted by Gasteiger charge is 2.54. The van der Waals surface area contributed by atoms with Crippen LogP contribution in [0.2, 0.25) is 5.02 Å². The van der Waals surface area contributed by atoms with Crippen molar-refractivity contribution in [3.63, 3.8) is 0 Å². The highest BCUT2D eigenvalue weighted by Crippen LogP contribution is 2.61. The molecule has 1 aromatic carbocycles. The van der Waals surface area contributed by atoms with E-state index in [2.05, 4.69) is 4.72 Å². The number of nitrogens with one attached hydrogen (secondary N) is 1. The third-order valence-electron chi connectivity index (χ3n) is 7.15. The van der Waals surface area contributed by atoms with Gasteiger partial charge in [-0.25, -0.2) is 21.6 Å². The first kappa shape index (κ1) is 20.6. The van der Waals surface area contributed by atoms with Gasteiger partial charge in [-0.15, -0.1) is 0 Å². The number of sulfone groups is 1. The molecule has 8 heteroatoms. The minimum atomic E-state index is -3.93. The summed E-state index contributed by atoms with van der Waals surface area (Å²) in [6.07, 6.45) is 8.95. The molecule has 0 spiro atoms. The summed E-state index contributed by atoms with van der Waals surface area (Å²) in [5, 5.41) is 0.0419. The maximum absolute atomic E-state index is 13.2. The van der Waals surface area contributed by atoms with Gasteiger partial charge in [0.1, 0.15) is 4.90 Å². The molecule has 1 aromatic rings. The second-order valence-corrected chi connectivity index (χ2v) is 13.3. The van der Waals surface area contributed by atoms with Crippen LogP contribution in [0.3, 0.4) is 0 Å². The average molecular weight is 446 g/mol. The molecule has 5 nitrogen and oxygen atoms in total. The highest BCUT2D eigenvalue weighted by molar-refractivity contribution is 7.91. The summed E-state index contributed by atoms with van der Waals surface area (Å²) < 4.78 is 53.1. The van der Waals surface area contributed by atoms with Gasteiger partial charge in [0, 0.05) is 12.3 Å². The van der Waals surface area contributed by atoms with E-state index in [1.165, 1.54) is 37.5 Å². The smallest absolute Gasteiger partial charge is 0.224 e.